The molecule has 1 saturated heterocycles. The van der Waals surface area contributed by atoms with E-state index in [9.17, 15) is 0 Å². The molecule has 15 heavy (non-hydrogen) atoms. The predicted octanol–water partition coefficient (Wildman–Crippen LogP) is 2.59. The van der Waals surface area contributed by atoms with E-state index in [-0.39, 0.29) is 0 Å². The maximum atomic E-state index is 6.07. The monoisotopic (exact) mass is 224 g/mol. The standard InChI is InChI=1S/C12H17ClN2/c1-10-6-11(8-14-7-10)9-15-4-2-12(13)3-5-15/h6-8,12H,2-5,9H2,1H3. The summed E-state index contributed by atoms with van der Waals surface area (Å²) in [5.41, 5.74) is 2.54. The van der Waals surface area contributed by atoms with Gasteiger partial charge in [0.25, 0.3) is 0 Å². The number of aryl methyl sites for hydroxylation is 1. The SMILES string of the molecule is Cc1cncc(CN2CCC(Cl)CC2)c1. The number of likely N-dealkylation sites (tertiary alicyclic amines) is 1. The fourth-order valence-electron chi connectivity index (χ4n) is 2.02. The summed E-state index contributed by atoms with van der Waals surface area (Å²) in [4.78, 5) is 6.67. The first-order chi connectivity index (χ1) is 7.24. The van der Waals surface area contributed by atoms with Crippen LogP contribution in [-0.4, -0.2) is 28.4 Å². The zero-order chi connectivity index (χ0) is 10.7. The number of pyridine rings is 1. The minimum absolute atomic E-state index is 0.386. The van der Waals surface area contributed by atoms with Gasteiger partial charge in [0.15, 0.2) is 0 Å². The van der Waals surface area contributed by atoms with Crippen molar-refractivity contribution < 1.29 is 0 Å². The van der Waals surface area contributed by atoms with E-state index in [4.69, 9.17) is 11.6 Å². The third kappa shape index (κ3) is 3.18. The lowest BCUT2D eigenvalue weighted by Gasteiger charge is -2.29. The molecule has 2 nitrogen and oxygen atoms in total. The summed E-state index contributed by atoms with van der Waals surface area (Å²) in [5, 5.41) is 0.386. The summed E-state index contributed by atoms with van der Waals surface area (Å²) < 4.78 is 0. The molecule has 0 aliphatic carbocycles. The van der Waals surface area contributed by atoms with Crippen molar-refractivity contribution in [3.8, 4) is 0 Å². The van der Waals surface area contributed by atoms with Crippen LogP contribution in [0.4, 0.5) is 0 Å². The van der Waals surface area contributed by atoms with Crippen molar-refractivity contribution in [1.82, 2.24) is 9.88 Å². The van der Waals surface area contributed by atoms with Gasteiger partial charge in [-0.3, -0.25) is 9.88 Å². The van der Waals surface area contributed by atoms with Crippen molar-refractivity contribution in [2.45, 2.75) is 31.7 Å². The van der Waals surface area contributed by atoms with E-state index in [0.717, 1.165) is 32.5 Å². The van der Waals surface area contributed by atoms with Crippen LogP contribution in [0, 0.1) is 6.92 Å². The lowest BCUT2D eigenvalue weighted by Crippen LogP contribution is -2.33. The molecule has 0 bridgehead atoms. The largest absolute Gasteiger partial charge is 0.299 e. The van der Waals surface area contributed by atoms with Crippen LogP contribution in [0.5, 0.6) is 0 Å². The van der Waals surface area contributed by atoms with Crippen LogP contribution >= 0.6 is 11.6 Å². The van der Waals surface area contributed by atoms with Crippen molar-refractivity contribution in [3.63, 3.8) is 0 Å². The second-order valence-corrected chi connectivity index (χ2v) is 4.94. The Morgan fingerprint density at radius 1 is 1.40 bits per heavy atom. The summed E-state index contributed by atoms with van der Waals surface area (Å²) >= 11 is 6.07. The summed E-state index contributed by atoms with van der Waals surface area (Å²) in [7, 11) is 0. The van der Waals surface area contributed by atoms with Crippen LogP contribution in [-0.2, 0) is 6.54 Å². The van der Waals surface area contributed by atoms with Crippen molar-refractivity contribution in [3.05, 3.63) is 29.6 Å². The number of halogens is 1. The third-order valence-corrected chi connectivity index (χ3v) is 3.29. The van der Waals surface area contributed by atoms with Gasteiger partial charge in [0.05, 0.1) is 0 Å². The summed E-state index contributed by atoms with van der Waals surface area (Å²) in [6, 6.07) is 2.21. The second-order valence-electron chi connectivity index (χ2n) is 4.32. The number of alkyl halides is 1. The van der Waals surface area contributed by atoms with Crippen molar-refractivity contribution in [2.75, 3.05) is 13.1 Å². The zero-order valence-corrected chi connectivity index (χ0v) is 9.87. The molecule has 0 aromatic carbocycles. The highest BCUT2D eigenvalue weighted by Crippen LogP contribution is 2.17. The first-order valence-corrected chi connectivity index (χ1v) is 5.94. The lowest BCUT2D eigenvalue weighted by atomic mass is 10.1. The molecular weight excluding hydrogens is 208 g/mol. The number of hydrogen-bond acceptors (Lipinski definition) is 2. The molecular formula is C12H17ClN2. The van der Waals surface area contributed by atoms with E-state index in [1.807, 2.05) is 12.4 Å². The molecule has 1 aliphatic heterocycles. The predicted molar refractivity (Wildman–Crippen MR) is 63.1 cm³/mol. The molecule has 0 amide bonds. The van der Waals surface area contributed by atoms with Crippen LogP contribution in [0.3, 0.4) is 0 Å². The topological polar surface area (TPSA) is 16.1 Å². The summed E-state index contributed by atoms with van der Waals surface area (Å²) in [6.07, 6.45) is 6.08. The highest BCUT2D eigenvalue weighted by Gasteiger charge is 2.16. The smallest absolute Gasteiger partial charge is 0.0360 e. The molecule has 1 aromatic rings. The van der Waals surface area contributed by atoms with Gasteiger partial charge in [0, 0.05) is 24.3 Å². The molecule has 0 radical (unpaired) electrons. The Labute approximate surface area is 96.3 Å². The number of hydrogen-bond donors (Lipinski definition) is 0. The Kier molecular flexibility index (Phi) is 3.60. The van der Waals surface area contributed by atoms with Crippen LogP contribution in [0.1, 0.15) is 24.0 Å². The van der Waals surface area contributed by atoms with Gasteiger partial charge in [-0.05, 0) is 44.0 Å². The highest BCUT2D eigenvalue weighted by molar-refractivity contribution is 6.20. The zero-order valence-electron chi connectivity index (χ0n) is 9.12. The molecule has 0 spiro atoms. The van der Waals surface area contributed by atoms with E-state index in [2.05, 4.69) is 22.9 Å². The fourth-order valence-corrected chi connectivity index (χ4v) is 2.22. The molecule has 1 aliphatic rings. The third-order valence-electron chi connectivity index (χ3n) is 2.85. The molecule has 1 fully saturated rings. The van der Waals surface area contributed by atoms with Crippen LogP contribution in [0.2, 0.25) is 0 Å². The van der Waals surface area contributed by atoms with Crippen LogP contribution < -0.4 is 0 Å². The molecule has 82 valence electrons. The number of aromatic nitrogens is 1. The van der Waals surface area contributed by atoms with Crippen molar-refractivity contribution in [2.24, 2.45) is 0 Å². The molecule has 0 unspecified atom stereocenters. The van der Waals surface area contributed by atoms with E-state index in [1.165, 1.54) is 11.1 Å². The van der Waals surface area contributed by atoms with Crippen molar-refractivity contribution >= 4 is 11.6 Å². The van der Waals surface area contributed by atoms with Gasteiger partial charge in [0.2, 0.25) is 0 Å². The maximum Gasteiger partial charge on any atom is 0.0360 e. The quantitative estimate of drug-likeness (QED) is 0.718. The lowest BCUT2D eigenvalue weighted by molar-refractivity contribution is 0.223. The number of piperidine rings is 1. The number of rotatable bonds is 2. The minimum Gasteiger partial charge on any atom is -0.299 e. The van der Waals surface area contributed by atoms with E-state index < -0.39 is 0 Å². The van der Waals surface area contributed by atoms with E-state index >= 15 is 0 Å². The Balaban J connectivity index is 1.92. The maximum absolute atomic E-state index is 6.07. The van der Waals surface area contributed by atoms with Gasteiger partial charge in [-0.2, -0.15) is 0 Å². The Morgan fingerprint density at radius 3 is 2.80 bits per heavy atom. The van der Waals surface area contributed by atoms with Gasteiger partial charge >= 0.3 is 0 Å². The first kappa shape index (κ1) is 10.9. The Hall–Kier alpha value is -0.600. The molecule has 2 rings (SSSR count). The minimum atomic E-state index is 0.386. The number of nitrogens with zero attached hydrogens (tertiary/aromatic N) is 2. The summed E-state index contributed by atoms with van der Waals surface area (Å²) in [6.45, 7) is 5.32. The van der Waals surface area contributed by atoms with Gasteiger partial charge in [-0.1, -0.05) is 6.07 Å². The fraction of sp³-hybridized carbons (Fsp3) is 0.583. The van der Waals surface area contributed by atoms with Gasteiger partial charge < -0.3 is 0 Å². The molecule has 0 saturated carbocycles. The Morgan fingerprint density at radius 2 is 2.13 bits per heavy atom. The van der Waals surface area contributed by atoms with Gasteiger partial charge in [0.1, 0.15) is 0 Å². The Bertz CT molecular complexity index is 319. The molecule has 2 heterocycles. The highest BCUT2D eigenvalue weighted by atomic mass is 35.5. The average molecular weight is 225 g/mol. The first-order valence-electron chi connectivity index (χ1n) is 5.51. The molecule has 1 aromatic heterocycles. The summed E-state index contributed by atoms with van der Waals surface area (Å²) in [5.74, 6) is 0. The van der Waals surface area contributed by atoms with E-state index in [1.54, 1.807) is 0 Å². The van der Waals surface area contributed by atoms with E-state index in [0.29, 0.717) is 5.38 Å². The van der Waals surface area contributed by atoms with Crippen LogP contribution in [0.25, 0.3) is 0 Å². The molecule has 0 N–H and O–H groups in total. The second kappa shape index (κ2) is 4.95. The molecule has 3 heteroatoms. The normalized spacial score (nSPS) is 19.3. The van der Waals surface area contributed by atoms with Gasteiger partial charge in [-0.15, -0.1) is 11.6 Å². The molecule has 0 atom stereocenters. The average Bonchev–Trinajstić information content (AvgIpc) is 2.22. The van der Waals surface area contributed by atoms with Crippen LogP contribution in [0.15, 0.2) is 18.5 Å². The van der Waals surface area contributed by atoms with Crippen molar-refractivity contribution in [1.29, 1.82) is 0 Å². The van der Waals surface area contributed by atoms with Gasteiger partial charge in [-0.25, -0.2) is 0 Å².